The van der Waals surface area contributed by atoms with Crippen molar-refractivity contribution in [1.29, 1.82) is 0 Å². The Hall–Kier alpha value is -3.55. The molecule has 8 heteroatoms. The number of hydrogen-bond acceptors (Lipinski definition) is 3. The van der Waals surface area contributed by atoms with E-state index in [1.807, 2.05) is 37.3 Å². The molecular formula is C28H27F4NO3. The summed E-state index contributed by atoms with van der Waals surface area (Å²) in [5.74, 6) is -2.43. The number of rotatable bonds is 7. The predicted octanol–water partition coefficient (Wildman–Crippen LogP) is 6.63. The SMILES string of the molecule is COc1ccc(F)c(-c2ccc(Cc3ccc(N4C[C@@H](C(F)(F)F)C[C@@H]4CC(=O)O)cc3)c(C)c2)c1. The van der Waals surface area contributed by atoms with Gasteiger partial charge in [0.1, 0.15) is 11.6 Å². The number of carbonyl (C=O) groups is 1. The standard InChI is InChI=1S/C28H27F4NO3/c1-17-11-20(25-15-24(36-2)9-10-26(25)29)6-5-19(17)12-18-3-7-22(8-4-18)33-16-21(28(30,31)32)13-23(33)14-27(34)35/h3-11,15,21,23H,12-14,16H2,1-2H3,(H,34,35)/t21-,23+/m0/s1. The van der Waals surface area contributed by atoms with Crippen LogP contribution in [0.4, 0.5) is 23.2 Å². The summed E-state index contributed by atoms with van der Waals surface area (Å²) in [7, 11) is 1.53. The number of aliphatic carboxylic acids is 1. The summed E-state index contributed by atoms with van der Waals surface area (Å²) in [4.78, 5) is 12.8. The van der Waals surface area contributed by atoms with Gasteiger partial charge in [-0.25, -0.2) is 4.39 Å². The van der Waals surface area contributed by atoms with Gasteiger partial charge < -0.3 is 14.7 Å². The van der Waals surface area contributed by atoms with Gasteiger partial charge in [-0.05, 0) is 72.4 Å². The number of benzene rings is 3. The van der Waals surface area contributed by atoms with Crippen LogP contribution in [0.3, 0.4) is 0 Å². The topological polar surface area (TPSA) is 49.8 Å². The van der Waals surface area contributed by atoms with E-state index in [2.05, 4.69) is 0 Å². The van der Waals surface area contributed by atoms with E-state index in [-0.39, 0.29) is 25.2 Å². The fraction of sp³-hybridized carbons (Fsp3) is 0.321. The number of aryl methyl sites for hydroxylation is 1. The molecule has 4 nitrogen and oxygen atoms in total. The van der Waals surface area contributed by atoms with Crippen LogP contribution < -0.4 is 9.64 Å². The van der Waals surface area contributed by atoms with Gasteiger partial charge in [0.15, 0.2) is 0 Å². The summed E-state index contributed by atoms with van der Waals surface area (Å²) in [5, 5.41) is 9.16. The molecule has 0 bridgehead atoms. The minimum absolute atomic E-state index is 0.225. The van der Waals surface area contributed by atoms with Crippen molar-refractivity contribution >= 4 is 11.7 Å². The number of methoxy groups -OCH3 is 1. The third kappa shape index (κ3) is 5.64. The largest absolute Gasteiger partial charge is 0.497 e. The van der Waals surface area contributed by atoms with Crippen LogP contribution in [0.1, 0.15) is 29.5 Å². The number of nitrogens with zero attached hydrogens (tertiary/aromatic N) is 1. The fourth-order valence-electron chi connectivity index (χ4n) is 4.80. The van der Waals surface area contributed by atoms with Crippen LogP contribution >= 0.6 is 0 Å². The second-order valence-electron chi connectivity index (χ2n) is 9.21. The van der Waals surface area contributed by atoms with E-state index in [1.165, 1.54) is 13.2 Å². The molecule has 190 valence electrons. The first kappa shape index (κ1) is 25.5. The molecule has 1 saturated heterocycles. The highest BCUT2D eigenvalue weighted by molar-refractivity contribution is 5.69. The summed E-state index contributed by atoms with van der Waals surface area (Å²) in [5.41, 5.74) is 4.75. The van der Waals surface area contributed by atoms with E-state index in [4.69, 9.17) is 9.84 Å². The van der Waals surface area contributed by atoms with E-state index in [0.717, 1.165) is 22.3 Å². The maximum Gasteiger partial charge on any atom is 0.393 e. The first-order valence-corrected chi connectivity index (χ1v) is 11.6. The smallest absolute Gasteiger partial charge is 0.393 e. The van der Waals surface area contributed by atoms with Gasteiger partial charge in [-0.1, -0.05) is 30.3 Å². The summed E-state index contributed by atoms with van der Waals surface area (Å²) in [6, 6.07) is 16.8. The maximum atomic E-state index is 14.4. The van der Waals surface area contributed by atoms with Gasteiger partial charge in [0.25, 0.3) is 0 Å². The molecule has 36 heavy (non-hydrogen) atoms. The summed E-state index contributed by atoms with van der Waals surface area (Å²) < 4.78 is 59.5. The van der Waals surface area contributed by atoms with Crippen molar-refractivity contribution in [2.24, 2.45) is 5.92 Å². The zero-order valence-corrected chi connectivity index (χ0v) is 20.0. The van der Waals surface area contributed by atoms with Crippen LogP contribution in [0.2, 0.25) is 0 Å². The van der Waals surface area contributed by atoms with E-state index in [1.54, 1.807) is 29.2 Å². The fourth-order valence-corrected chi connectivity index (χ4v) is 4.80. The Morgan fingerprint density at radius 1 is 1.08 bits per heavy atom. The number of carboxylic acids is 1. The molecule has 1 heterocycles. The molecule has 0 amide bonds. The van der Waals surface area contributed by atoms with E-state index >= 15 is 0 Å². The summed E-state index contributed by atoms with van der Waals surface area (Å²) >= 11 is 0. The molecule has 0 aliphatic carbocycles. The summed E-state index contributed by atoms with van der Waals surface area (Å²) in [6.45, 7) is 1.70. The number of halogens is 4. The van der Waals surface area contributed by atoms with Crippen LogP contribution in [0.25, 0.3) is 11.1 Å². The van der Waals surface area contributed by atoms with E-state index in [9.17, 15) is 22.4 Å². The number of alkyl halides is 3. The van der Waals surface area contributed by atoms with Crippen molar-refractivity contribution in [2.45, 2.75) is 38.4 Å². The van der Waals surface area contributed by atoms with Crippen LogP contribution in [0.15, 0.2) is 60.7 Å². The second-order valence-corrected chi connectivity index (χ2v) is 9.21. The number of carboxylic acid groups (broad SMARTS) is 1. The van der Waals surface area contributed by atoms with Crippen LogP contribution in [0.5, 0.6) is 5.75 Å². The predicted molar refractivity (Wildman–Crippen MR) is 130 cm³/mol. The molecule has 0 saturated carbocycles. The number of anilines is 1. The van der Waals surface area contributed by atoms with Gasteiger partial charge in [0.05, 0.1) is 19.4 Å². The van der Waals surface area contributed by atoms with Gasteiger partial charge in [-0.3, -0.25) is 4.79 Å². The molecule has 0 spiro atoms. The summed E-state index contributed by atoms with van der Waals surface area (Å²) in [6.07, 6.45) is -4.33. The molecule has 2 atom stereocenters. The Kier molecular flexibility index (Phi) is 7.24. The zero-order valence-electron chi connectivity index (χ0n) is 20.0. The Labute approximate surface area is 207 Å². The Balaban J connectivity index is 1.51. The minimum atomic E-state index is -4.36. The van der Waals surface area contributed by atoms with Gasteiger partial charge in [-0.2, -0.15) is 13.2 Å². The first-order valence-electron chi connectivity index (χ1n) is 11.6. The molecule has 3 aromatic carbocycles. The van der Waals surface area contributed by atoms with Crippen molar-refractivity contribution in [3.05, 3.63) is 83.2 Å². The molecular weight excluding hydrogens is 474 g/mol. The van der Waals surface area contributed by atoms with Gasteiger partial charge in [0, 0.05) is 23.8 Å². The lowest BCUT2D eigenvalue weighted by Gasteiger charge is -2.26. The van der Waals surface area contributed by atoms with Crippen molar-refractivity contribution < 1.29 is 32.2 Å². The normalized spacial score (nSPS) is 17.9. The molecule has 1 fully saturated rings. The number of hydrogen-bond donors (Lipinski definition) is 1. The monoisotopic (exact) mass is 501 g/mol. The zero-order chi connectivity index (χ0) is 26.0. The van der Waals surface area contributed by atoms with Gasteiger partial charge in [-0.15, -0.1) is 0 Å². The highest BCUT2D eigenvalue weighted by Gasteiger charge is 2.47. The lowest BCUT2D eigenvalue weighted by atomic mass is 9.95. The molecule has 0 radical (unpaired) electrons. The van der Waals surface area contributed by atoms with Crippen molar-refractivity contribution in [3.63, 3.8) is 0 Å². The Bertz CT molecular complexity index is 1240. The lowest BCUT2D eigenvalue weighted by molar-refractivity contribution is -0.169. The average Bonchev–Trinajstić information content (AvgIpc) is 3.25. The van der Waals surface area contributed by atoms with Gasteiger partial charge >= 0.3 is 12.1 Å². The average molecular weight is 502 g/mol. The molecule has 1 N–H and O–H groups in total. The molecule has 1 aliphatic rings. The first-order chi connectivity index (χ1) is 17.0. The molecule has 4 rings (SSSR count). The molecule has 1 aliphatic heterocycles. The third-order valence-corrected chi connectivity index (χ3v) is 6.78. The van der Waals surface area contributed by atoms with Gasteiger partial charge in [0.2, 0.25) is 0 Å². The third-order valence-electron chi connectivity index (χ3n) is 6.78. The Morgan fingerprint density at radius 3 is 2.42 bits per heavy atom. The van der Waals surface area contributed by atoms with Crippen LogP contribution in [-0.4, -0.2) is 36.9 Å². The Morgan fingerprint density at radius 2 is 1.81 bits per heavy atom. The molecule has 0 unspecified atom stereocenters. The molecule has 0 aromatic heterocycles. The minimum Gasteiger partial charge on any atom is -0.497 e. The number of ether oxygens (including phenoxy) is 1. The van der Waals surface area contributed by atoms with Crippen molar-refractivity contribution in [1.82, 2.24) is 0 Å². The van der Waals surface area contributed by atoms with Crippen molar-refractivity contribution in [3.8, 4) is 16.9 Å². The van der Waals surface area contributed by atoms with Crippen molar-refractivity contribution in [2.75, 3.05) is 18.6 Å². The highest BCUT2D eigenvalue weighted by Crippen LogP contribution is 2.40. The molecule has 3 aromatic rings. The van der Waals surface area contributed by atoms with Crippen LogP contribution in [0, 0.1) is 18.7 Å². The highest BCUT2D eigenvalue weighted by atomic mass is 19.4. The van der Waals surface area contributed by atoms with E-state index in [0.29, 0.717) is 23.4 Å². The maximum absolute atomic E-state index is 14.4. The quantitative estimate of drug-likeness (QED) is 0.369. The van der Waals surface area contributed by atoms with Crippen LogP contribution in [-0.2, 0) is 11.2 Å². The second kappa shape index (κ2) is 10.2. The van der Waals surface area contributed by atoms with E-state index < -0.39 is 24.1 Å². The lowest BCUT2D eigenvalue weighted by Crippen LogP contribution is -2.32.